The number of hydrogen-bond donors (Lipinski definition) is 0. The summed E-state index contributed by atoms with van der Waals surface area (Å²) in [5, 5.41) is 0. The summed E-state index contributed by atoms with van der Waals surface area (Å²) in [4.78, 5) is 8.85. The summed E-state index contributed by atoms with van der Waals surface area (Å²) in [6.07, 6.45) is 12.7. The lowest BCUT2D eigenvalue weighted by Crippen LogP contribution is -2.06. The van der Waals surface area contributed by atoms with Crippen LogP contribution in [0.5, 0.6) is 0 Å². The lowest BCUT2D eigenvalue weighted by Gasteiger charge is -2.07. The predicted molar refractivity (Wildman–Crippen MR) is 72.1 cm³/mol. The van der Waals surface area contributed by atoms with Gasteiger partial charge in [0.15, 0.2) is 0 Å². The van der Waals surface area contributed by atoms with Gasteiger partial charge in [-0.25, -0.2) is 4.98 Å². The van der Waals surface area contributed by atoms with Gasteiger partial charge in [-0.2, -0.15) is 0 Å². The molecule has 3 nitrogen and oxygen atoms in total. The van der Waals surface area contributed by atoms with Gasteiger partial charge in [-0.3, -0.25) is 4.98 Å². The van der Waals surface area contributed by atoms with Crippen LogP contribution >= 0.6 is 0 Å². The van der Waals surface area contributed by atoms with Gasteiger partial charge in [0.05, 0.1) is 12.0 Å². The maximum atomic E-state index is 4.48. The van der Waals surface area contributed by atoms with Gasteiger partial charge in [0.1, 0.15) is 0 Å². The molecule has 0 fully saturated rings. The van der Waals surface area contributed by atoms with Gasteiger partial charge in [-0.05, 0) is 37.5 Å². The van der Waals surface area contributed by atoms with Crippen molar-refractivity contribution in [3.05, 3.63) is 53.9 Å². The molecule has 1 aliphatic carbocycles. The molecule has 2 aromatic heterocycles. The van der Waals surface area contributed by atoms with Gasteiger partial charge in [-0.15, -0.1) is 0 Å². The van der Waals surface area contributed by atoms with Crippen molar-refractivity contribution in [1.29, 1.82) is 0 Å². The van der Waals surface area contributed by atoms with Gasteiger partial charge in [0.25, 0.3) is 0 Å². The predicted octanol–water partition coefficient (Wildman–Crippen LogP) is 2.87. The Balaban J connectivity index is 1.74. The fourth-order valence-electron chi connectivity index (χ4n) is 2.39. The van der Waals surface area contributed by atoms with Gasteiger partial charge in [0, 0.05) is 30.6 Å². The normalized spacial score (nSPS) is 14.2. The zero-order chi connectivity index (χ0) is 12.2. The van der Waals surface area contributed by atoms with Crippen LogP contribution in [0.4, 0.5) is 0 Å². The van der Waals surface area contributed by atoms with E-state index in [0.717, 1.165) is 37.2 Å². The van der Waals surface area contributed by atoms with E-state index in [9.17, 15) is 0 Å². The van der Waals surface area contributed by atoms with Gasteiger partial charge in [0.2, 0.25) is 0 Å². The maximum absolute atomic E-state index is 4.48. The van der Waals surface area contributed by atoms with E-state index in [4.69, 9.17) is 0 Å². The van der Waals surface area contributed by atoms with Crippen molar-refractivity contribution in [3.8, 4) is 0 Å². The number of pyridine rings is 1. The molecular weight excluding hydrogens is 222 g/mol. The van der Waals surface area contributed by atoms with Crippen molar-refractivity contribution in [1.82, 2.24) is 14.5 Å². The number of fused-ring (bicyclic) bond motifs is 1. The van der Waals surface area contributed by atoms with Crippen molar-refractivity contribution in [3.63, 3.8) is 0 Å². The number of imidazole rings is 1. The molecule has 0 atom stereocenters. The second-order valence-corrected chi connectivity index (χ2v) is 4.64. The first kappa shape index (κ1) is 11.2. The van der Waals surface area contributed by atoms with E-state index in [-0.39, 0.29) is 0 Å². The smallest absolute Gasteiger partial charge is 0.0955 e. The van der Waals surface area contributed by atoms with Crippen LogP contribution in [-0.2, 0) is 19.4 Å². The van der Waals surface area contributed by atoms with E-state index in [1.165, 1.54) is 12.1 Å². The number of aryl methyl sites for hydroxylation is 2. The van der Waals surface area contributed by atoms with E-state index >= 15 is 0 Å². The van der Waals surface area contributed by atoms with Crippen LogP contribution in [-0.4, -0.2) is 14.5 Å². The first-order valence-electron chi connectivity index (χ1n) is 6.54. The van der Waals surface area contributed by atoms with E-state index < -0.39 is 0 Å². The minimum atomic E-state index is 0.965. The summed E-state index contributed by atoms with van der Waals surface area (Å²) in [7, 11) is 0. The summed E-state index contributed by atoms with van der Waals surface area (Å²) in [5.41, 5.74) is 3.66. The number of hydrogen-bond acceptors (Lipinski definition) is 2. The Labute approximate surface area is 107 Å². The summed E-state index contributed by atoms with van der Waals surface area (Å²) in [6, 6.07) is 6.08. The molecule has 0 spiro atoms. The van der Waals surface area contributed by atoms with E-state index in [2.05, 4.69) is 32.8 Å². The van der Waals surface area contributed by atoms with Crippen LogP contribution in [0.3, 0.4) is 0 Å². The molecule has 0 aromatic carbocycles. The maximum Gasteiger partial charge on any atom is 0.0955 e. The van der Waals surface area contributed by atoms with Crippen LogP contribution in [0, 0.1) is 0 Å². The molecule has 3 rings (SSSR count). The highest BCUT2D eigenvalue weighted by atomic mass is 15.1. The van der Waals surface area contributed by atoms with E-state index in [0.29, 0.717) is 0 Å². The van der Waals surface area contributed by atoms with Crippen molar-refractivity contribution >= 4 is 6.08 Å². The SMILES string of the molecule is C1=Cc2ncn(CCc3ccccn3)c2CCC1. The summed E-state index contributed by atoms with van der Waals surface area (Å²) >= 11 is 0. The van der Waals surface area contributed by atoms with Gasteiger partial charge < -0.3 is 4.57 Å². The fourth-order valence-corrected chi connectivity index (χ4v) is 2.39. The second-order valence-electron chi connectivity index (χ2n) is 4.64. The number of allylic oxidation sites excluding steroid dienone is 1. The molecule has 1 aliphatic rings. The van der Waals surface area contributed by atoms with Gasteiger partial charge >= 0.3 is 0 Å². The Hall–Kier alpha value is -1.90. The Morgan fingerprint density at radius 3 is 3.11 bits per heavy atom. The highest BCUT2D eigenvalue weighted by molar-refractivity contribution is 5.48. The number of rotatable bonds is 3. The standard InChI is InChI=1S/C15H17N3/c1-2-7-14-15(8-3-1)18(12-17-14)11-9-13-6-4-5-10-16-13/h2,4-7,10,12H,1,3,8-9,11H2. The van der Waals surface area contributed by atoms with Crippen molar-refractivity contribution in [2.24, 2.45) is 0 Å². The van der Waals surface area contributed by atoms with Crippen LogP contribution in [0.15, 0.2) is 36.8 Å². The highest BCUT2D eigenvalue weighted by Crippen LogP contribution is 2.17. The molecule has 2 aromatic rings. The van der Waals surface area contributed by atoms with E-state index in [1.807, 2.05) is 24.7 Å². The third-order valence-electron chi connectivity index (χ3n) is 3.37. The second kappa shape index (κ2) is 5.17. The minimum Gasteiger partial charge on any atom is -0.334 e. The quantitative estimate of drug-likeness (QED) is 0.824. The molecule has 0 unspecified atom stereocenters. The molecule has 0 radical (unpaired) electrons. The Bertz CT molecular complexity index is 540. The monoisotopic (exact) mass is 239 g/mol. The lowest BCUT2D eigenvalue weighted by molar-refractivity contribution is 0.641. The van der Waals surface area contributed by atoms with Gasteiger partial charge in [-0.1, -0.05) is 12.1 Å². The molecule has 3 heteroatoms. The lowest BCUT2D eigenvalue weighted by atomic mass is 10.2. The molecule has 18 heavy (non-hydrogen) atoms. The van der Waals surface area contributed by atoms with E-state index in [1.54, 1.807) is 0 Å². The van der Waals surface area contributed by atoms with Crippen LogP contribution in [0.1, 0.15) is 29.9 Å². The first-order chi connectivity index (χ1) is 8.93. The zero-order valence-electron chi connectivity index (χ0n) is 10.4. The third-order valence-corrected chi connectivity index (χ3v) is 3.37. The zero-order valence-corrected chi connectivity index (χ0v) is 10.4. The van der Waals surface area contributed by atoms with Crippen molar-refractivity contribution in [2.45, 2.75) is 32.2 Å². The Morgan fingerprint density at radius 1 is 1.22 bits per heavy atom. The summed E-state index contributed by atoms with van der Waals surface area (Å²) in [6.45, 7) is 0.965. The molecule has 0 saturated carbocycles. The van der Waals surface area contributed by atoms with Crippen molar-refractivity contribution in [2.75, 3.05) is 0 Å². The average molecular weight is 239 g/mol. The summed E-state index contributed by atoms with van der Waals surface area (Å²) in [5.74, 6) is 0. The Kier molecular flexibility index (Phi) is 3.22. The molecule has 2 heterocycles. The Morgan fingerprint density at radius 2 is 2.22 bits per heavy atom. The molecule has 0 N–H and O–H groups in total. The highest BCUT2D eigenvalue weighted by Gasteiger charge is 2.10. The molecule has 0 saturated heterocycles. The number of aromatic nitrogens is 3. The summed E-state index contributed by atoms with van der Waals surface area (Å²) < 4.78 is 2.28. The molecular formula is C15H17N3. The van der Waals surface area contributed by atoms with Crippen LogP contribution in [0.2, 0.25) is 0 Å². The topological polar surface area (TPSA) is 30.7 Å². The van der Waals surface area contributed by atoms with Crippen molar-refractivity contribution < 1.29 is 0 Å². The molecule has 0 amide bonds. The fraction of sp³-hybridized carbons (Fsp3) is 0.333. The van der Waals surface area contributed by atoms with Crippen LogP contribution in [0.25, 0.3) is 6.08 Å². The third kappa shape index (κ3) is 2.35. The minimum absolute atomic E-state index is 0.965. The molecule has 0 bridgehead atoms. The number of nitrogens with zero attached hydrogens (tertiary/aromatic N) is 3. The largest absolute Gasteiger partial charge is 0.334 e. The average Bonchev–Trinajstić information content (AvgIpc) is 2.65. The first-order valence-corrected chi connectivity index (χ1v) is 6.54. The molecule has 92 valence electrons. The molecule has 0 aliphatic heterocycles. The van der Waals surface area contributed by atoms with Crippen LogP contribution < -0.4 is 0 Å².